The van der Waals surface area contributed by atoms with Crippen molar-refractivity contribution in [3.63, 3.8) is 0 Å². The molecule has 1 aliphatic carbocycles. The highest BCUT2D eigenvalue weighted by Gasteiger charge is 2.39. The van der Waals surface area contributed by atoms with Gasteiger partial charge in [-0.3, -0.25) is 4.90 Å². The number of hydrogen-bond acceptors (Lipinski definition) is 2. The summed E-state index contributed by atoms with van der Waals surface area (Å²) in [4.78, 5) is 2.69. The van der Waals surface area contributed by atoms with E-state index in [1.54, 1.807) is 0 Å². The van der Waals surface area contributed by atoms with Crippen molar-refractivity contribution in [3.05, 3.63) is 33.8 Å². The van der Waals surface area contributed by atoms with Crippen molar-refractivity contribution in [2.45, 2.75) is 51.1 Å². The number of nitrogens with zero attached hydrogens (tertiary/aromatic N) is 1. The molecule has 1 heterocycles. The number of aryl methyl sites for hydroxylation is 1. The van der Waals surface area contributed by atoms with E-state index in [0.29, 0.717) is 12.6 Å². The van der Waals surface area contributed by atoms with Crippen LogP contribution in [0, 0.1) is 12.8 Å². The molecule has 1 saturated heterocycles. The third kappa shape index (κ3) is 2.68. The van der Waals surface area contributed by atoms with E-state index in [-0.39, 0.29) is 0 Å². The van der Waals surface area contributed by atoms with Crippen LogP contribution in [0.2, 0.25) is 0 Å². The fraction of sp³-hybridized carbons (Fsp3) is 0.647. The van der Waals surface area contributed by atoms with Gasteiger partial charge in [-0.05, 0) is 55.8 Å². The number of nitrogens with two attached hydrogens (primary N) is 1. The van der Waals surface area contributed by atoms with Crippen LogP contribution < -0.4 is 5.73 Å². The normalized spacial score (nSPS) is 28.4. The highest BCUT2D eigenvalue weighted by atomic mass is 79.9. The van der Waals surface area contributed by atoms with E-state index < -0.39 is 0 Å². The third-order valence-electron chi connectivity index (χ3n) is 5.19. The summed E-state index contributed by atoms with van der Waals surface area (Å²) in [6.07, 6.45) is 6.98. The smallest absolute Gasteiger partial charge is 0.0484 e. The summed E-state index contributed by atoms with van der Waals surface area (Å²) in [5.41, 5.74) is 8.82. The van der Waals surface area contributed by atoms with E-state index in [2.05, 4.69) is 46.0 Å². The van der Waals surface area contributed by atoms with Crippen LogP contribution in [-0.2, 0) is 0 Å². The largest absolute Gasteiger partial charge is 0.329 e. The standard InChI is InChI=1S/C17H25BrN2/c1-12-6-7-14(15(18)10-12)17(11-19)20-9-8-13-4-2-3-5-16(13)20/h6-7,10,13,16-17H,2-5,8-9,11,19H2,1H3. The second kappa shape index (κ2) is 6.17. The highest BCUT2D eigenvalue weighted by Crippen LogP contribution is 2.41. The van der Waals surface area contributed by atoms with Crippen molar-refractivity contribution in [2.24, 2.45) is 11.7 Å². The van der Waals surface area contributed by atoms with Crippen LogP contribution >= 0.6 is 15.9 Å². The van der Waals surface area contributed by atoms with Crippen molar-refractivity contribution in [3.8, 4) is 0 Å². The van der Waals surface area contributed by atoms with Crippen LogP contribution in [-0.4, -0.2) is 24.0 Å². The Morgan fingerprint density at radius 1 is 1.30 bits per heavy atom. The molecule has 3 atom stereocenters. The molecule has 20 heavy (non-hydrogen) atoms. The molecular weight excluding hydrogens is 312 g/mol. The molecule has 1 aliphatic heterocycles. The summed E-state index contributed by atoms with van der Waals surface area (Å²) >= 11 is 3.74. The molecule has 1 aromatic rings. The third-order valence-corrected chi connectivity index (χ3v) is 5.88. The Balaban J connectivity index is 1.86. The molecule has 0 aromatic heterocycles. The highest BCUT2D eigenvalue weighted by molar-refractivity contribution is 9.10. The molecule has 2 aliphatic rings. The van der Waals surface area contributed by atoms with Gasteiger partial charge < -0.3 is 5.73 Å². The van der Waals surface area contributed by atoms with Crippen molar-refractivity contribution in [1.82, 2.24) is 4.90 Å². The minimum Gasteiger partial charge on any atom is -0.329 e. The summed E-state index contributed by atoms with van der Waals surface area (Å²) in [7, 11) is 0. The first-order valence-corrected chi connectivity index (χ1v) is 8.72. The quantitative estimate of drug-likeness (QED) is 0.903. The molecule has 0 radical (unpaired) electrons. The van der Waals surface area contributed by atoms with Crippen molar-refractivity contribution in [1.29, 1.82) is 0 Å². The first-order chi connectivity index (χ1) is 9.70. The van der Waals surface area contributed by atoms with E-state index >= 15 is 0 Å². The van der Waals surface area contributed by atoms with Gasteiger partial charge in [0, 0.05) is 23.1 Å². The molecule has 2 N–H and O–H groups in total. The number of likely N-dealkylation sites (tertiary alicyclic amines) is 1. The van der Waals surface area contributed by atoms with E-state index in [1.807, 2.05) is 0 Å². The van der Waals surface area contributed by atoms with Crippen LogP contribution in [0.5, 0.6) is 0 Å². The molecule has 1 saturated carbocycles. The van der Waals surface area contributed by atoms with Crippen LogP contribution in [0.3, 0.4) is 0 Å². The lowest BCUT2D eigenvalue weighted by atomic mass is 9.84. The predicted molar refractivity (Wildman–Crippen MR) is 87.7 cm³/mol. The zero-order valence-corrected chi connectivity index (χ0v) is 13.9. The van der Waals surface area contributed by atoms with Crippen molar-refractivity contribution < 1.29 is 0 Å². The fourth-order valence-electron chi connectivity index (χ4n) is 4.17. The van der Waals surface area contributed by atoms with Gasteiger partial charge in [-0.2, -0.15) is 0 Å². The Morgan fingerprint density at radius 2 is 2.10 bits per heavy atom. The zero-order valence-electron chi connectivity index (χ0n) is 12.3. The van der Waals surface area contributed by atoms with Crippen LogP contribution in [0.15, 0.2) is 22.7 Å². The maximum Gasteiger partial charge on any atom is 0.0484 e. The SMILES string of the molecule is Cc1ccc(C(CN)N2CCC3CCCCC32)c(Br)c1. The topological polar surface area (TPSA) is 29.3 Å². The molecule has 3 heteroatoms. The average molecular weight is 337 g/mol. The van der Waals surface area contributed by atoms with Gasteiger partial charge in [0.05, 0.1) is 0 Å². The molecule has 0 amide bonds. The summed E-state index contributed by atoms with van der Waals surface area (Å²) in [6, 6.07) is 7.82. The number of halogens is 1. The summed E-state index contributed by atoms with van der Waals surface area (Å²) in [6.45, 7) is 4.07. The molecular formula is C17H25BrN2. The Labute approximate surface area is 130 Å². The van der Waals surface area contributed by atoms with Crippen molar-refractivity contribution in [2.75, 3.05) is 13.1 Å². The van der Waals surface area contributed by atoms with E-state index in [4.69, 9.17) is 5.73 Å². The predicted octanol–water partition coefficient (Wildman–Crippen LogP) is 4.02. The minimum absolute atomic E-state index is 0.373. The Kier molecular flexibility index (Phi) is 4.49. The molecule has 1 aromatic carbocycles. The monoisotopic (exact) mass is 336 g/mol. The van der Waals surface area contributed by atoms with Gasteiger partial charge in [-0.1, -0.05) is 40.9 Å². The van der Waals surface area contributed by atoms with Gasteiger partial charge in [-0.25, -0.2) is 0 Å². The number of benzene rings is 1. The lowest BCUT2D eigenvalue weighted by Gasteiger charge is -2.37. The summed E-state index contributed by atoms with van der Waals surface area (Å²) < 4.78 is 1.22. The average Bonchev–Trinajstić information content (AvgIpc) is 2.86. The van der Waals surface area contributed by atoms with Crippen molar-refractivity contribution >= 4 is 15.9 Å². The lowest BCUT2D eigenvalue weighted by Crippen LogP contribution is -2.40. The molecule has 3 unspecified atom stereocenters. The fourth-order valence-corrected chi connectivity index (χ4v) is 4.93. The number of rotatable bonds is 3. The molecule has 2 nitrogen and oxygen atoms in total. The van der Waals surface area contributed by atoms with Gasteiger partial charge in [0.2, 0.25) is 0 Å². The zero-order chi connectivity index (χ0) is 14.1. The first-order valence-electron chi connectivity index (χ1n) is 7.92. The Bertz CT molecular complexity index is 474. The summed E-state index contributed by atoms with van der Waals surface area (Å²) in [5, 5.41) is 0. The second-order valence-corrected chi connectivity index (χ2v) is 7.27. The molecule has 0 spiro atoms. The van der Waals surface area contributed by atoms with Gasteiger partial charge in [0.15, 0.2) is 0 Å². The lowest BCUT2D eigenvalue weighted by molar-refractivity contribution is 0.135. The van der Waals surface area contributed by atoms with E-state index in [1.165, 1.54) is 54.2 Å². The first kappa shape index (κ1) is 14.6. The molecule has 2 fully saturated rings. The second-order valence-electron chi connectivity index (χ2n) is 6.41. The van der Waals surface area contributed by atoms with E-state index in [0.717, 1.165) is 12.0 Å². The van der Waals surface area contributed by atoms with E-state index in [9.17, 15) is 0 Å². The molecule has 0 bridgehead atoms. The van der Waals surface area contributed by atoms with Gasteiger partial charge in [0.25, 0.3) is 0 Å². The molecule has 3 rings (SSSR count). The van der Waals surface area contributed by atoms with Crippen LogP contribution in [0.4, 0.5) is 0 Å². The molecule has 110 valence electrons. The van der Waals surface area contributed by atoms with Gasteiger partial charge in [-0.15, -0.1) is 0 Å². The van der Waals surface area contributed by atoms with Crippen LogP contribution in [0.1, 0.15) is 49.3 Å². The minimum atomic E-state index is 0.373. The van der Waals surface area contributed by atoms with Gasteiger partial charge >= 0.3 is 0 Å². The number of hydrogen-bond donors (Lipinski definition) is 1. The van der Waals surface area contributed by atoms with Crippen LogP contribution in [0.25, 0.3) is 0 Å². The summed E-state index contributed by atoms with van der Waals surface area (Å²) in [5.74, 6) is 0.919. The number of fused-ring (bicyclic) bond motifs is 1. The maximum atomic E-state index is 6.15. The maximum absolute atomic E-state index is 6.15. The van der Waals surface area contributed by atoms with Gasteiger partial charge in [0.1, 0.15) is 0 Å². The Hall–Kier alpha value is -0.380. The Morgan fingerprint density at radius 3 is 2.85 bits per heavy atom.